The van der Waals surface area contributed by atoms with Gasteiger partial charge in [0.2, 0.25) is 0 Å². The molecule has 3 heteroatoms. The highest BCUT2D eigenvalue weighted by molar-refractivity contribution is 4.81. The Kier molecular flexibility index (Phi) is 7.81. The third kappa shape index (κ3) is 5.28. The third-order valence-electron chi connectivity index (χ3n) is 3.08. The second kappa shape index (κ2) is 8.97. The molecule has 0 amide bonds. The lowest BCUT2D eigenvalue weighted by Gasteiger charge is -2.19. The van der Waals surface area contributed by atoms with E-state index in [2.05, 4.69) is 19.2 Å². The summed E-state index contributed by atoms with van der Waals surface area (Å²) in [4.78, 5) is 0. The Morgan fingerprint density at radius 2 is 1.81 bits per heavy atom. The molecule has 0 saturated carbocycles. The van der Waals surface area contributed by atoms with Crippen LogP contribution in [0.4, 0.5) is 0 Å². The van der Waals surface area contributed by atoms with Crippen molar-refractivity contribution >= 4 is 0 Å². The van der Waals surface area contributed by atoms with Gasteiger partial charge in [-0.3, -0.25) is 0 Å². The summed E-state index contributed by atoms with van der Waals surface area (Å²) in [6.45, 7) is 9.07. The van der Waals surface area contributed by atoms with Crippen molar-refractivity contribution in [1.82, 2.24) is 5.32 Å². The van der Waals surface area contributed by atoms with Gasteiger partial charge in [-0.2, -0.15) is 0 Å². The van der Waals surface area contributed by atoms with Crippen LogP contribution in [0.2, 0.25) is 0 Å². The summed E-state index contributed by atoms with van der Waals surface area (Å²) in [6, 6.07) is 0. The number of ether oxygens (including phenoxy) is 2. The monoisotopic (exact) mass is 229 g/mol. The van der Waals surface area contributed by atoms with E-state index < -0.39 is 0 Å². The quantitative estimate of drug-likeness (QED) is 0.615. The van der Waals surface area contributed by atoms with E-state index in [1.807, 2.05) is 0 Å². The van der Waals surface area contributed by atoms with Gasteiger partial charge in [-0.05, 0) is 12.8 Å². The van der Waals surface area contributed by atoms with E-state index >= 15 is 0 Å². The van der Waals surface area contributed by atoms with Crippen LogP contribution in [-0.2, 0) is 9.47 Å². The minimum Gasteiger partial charge on any atom is -0.381 e. The summed E-state index contributed by atoms with van der Waals surface area (Å²) in [7, 11) is 0. The zero-order valence-corrected chi connectivity index (χ0v) is 10.8. The average molecular weight is 229 g/mol. The molecule has 1 unspecified atom stereocenters. The summed E-state index contributed by atoms with van der Waals surface area (Å²) in [5, 5.41) is 3.39. The molecule has 0 radical (unpaired) electrons. The lowest BCUT2D eigenvalue weighted by molar-refractivity contribution is 0.000611. The van der Waals surface area contributed by atoms with Gasteiger partial charge < -0.3 is 14.8 Å². The Morgan fingerprint density at radius 1 is 1.06 bits per heavy atom. The molecule has 1 aliphatic heterocycles. The molecule has 3 nitrogen and oxygen atoms in total. The van der Waals surface area contributed by atoms with Crippen LogP contribution in [0.1, 0.15) is 39.5 Å². The van der Waals surface area contributed by atoms with E-state index in [-0.39, 0.29) is 0 Å². The van der Waals surface area contributed by atoms with Crippen LogP contribution in [0.15, 0.2) is 0 Å². The predicted molar refractivity (Wildman–Crippen MR) is 66.7 cm³/mol. The topological polar surface area (TPSA) is 30.5 Å². The molecule has 1 rings (SSSR count). The van der Waals surface area contributed by atoms with Crippen LogP contribution >= 0.6 is 0 Å². The second-order valence-corrected chi connectivity index (χ2v) is 4.61. The van der Waals surface area contributed by atoms with Crippen molar-refractivity contribution < 1.29 is 9.47 Å². The van der Waals surface area contributed by atoms with E-state index in [0.29, 0.717) is 12.0 Å². The zero-order chi connectivity index (χ0) is 11.6. The van der Waals surface area contributed by atoms with Crippen LogP contribution in [0, 0.1) is 5.92 Å². The predicted octanol–water partition coefficient (Wildman–Crippen LogP) is 2.21. The van der Waals surface area contributed by atoms with Crippen molar-refractivity contribution in [2.45, 2.75) is 45.6 Å². The Bertz CT molecular complexity index is 164. The number of rotatable bonds is 9. The summed E-state index contributed by atoms with van der Waals surface area (Å²) in [6.07, 6.45) is 5.12. The van der Waals surface area contributed by atoms with Crippen LogP contribution in [0.5, 0.6) is 0 Å². The Labute approximate surface area is 99.9 Å². The summed E-state index contributed by atoms with van der Waals surface area (Å²) in [5.41, 5.74) is 0. The molecule has 1 saturated heterocycles. The fraction of sp³-hybridized carbons (Fsp3) is 1.00. The van der Waals surface area contributed by atoms with Crippen LogP contribution in [0.3, 0.4) is 0 Å². The number of nitrogens with one attached hydrogen (secondary N) is 1. The first-order valence-electron chi connectivity index (χ1n) is 6.78. The fourth-order valence-corrected chi connectivity index (χ4v) is 1.93. The highest BCUT2D eigenvalue weighted by Gasteiger charge is 2.27. The molecule has 1 heterocycles. The second-order valence-electron chi connectivity index (χ2n) is 4.61. The fourth-order valence-electron chi connectivity index (χ4n) is 1.93. The highest BCUT2D eigenvalue weighted by atomic mass is 16.5. The largest absolute Gasteiger partial charge is 0.381 e. The van der Waals surface area contributed by atoms with E-state index in [1.165, 1.54) is 25.7 Å². The van der Waals surface area contributed by atoms with Crippen molar-refractivity contribution in [1.29, 1.82) is 0 Å². The first-order valence-corrected chi connectivity index (χ1v) is 6.78. The highest BCUT2D eigenvalue weighted by Crippen LogP contribution is 2.14. The van der Waals surface area contributed by atoms with E-state index in [9.17, 15) is 0 Å². The summed E-state index contributed by atoms with van der Waals surface area (Å²) in [5.74, 6) is 0.550. The Morgan fingerprint density at radius 3 is 2.56 bits per heavy atom. The molecular formula is C13H27NO2. The van der Waals surface area contributed by atoms with Gasteiger partial charge in [0, 0.05) is 32.2 Å². The molecule has 0 aromatic heterocycles. The normalized spacial score (nSPS) is 25.1. The van der Waals surface area contributed by atoms with E-state index in [4.69, 9.17) is 9.47 Å². The third-order valence-corrected chi connectivity index (χ3v) is 3.08. The maximum atomic E-state index is 5.87. The molecule has 0 aromatic rings. The molecule has 1 aliphatic rings. The average Bonchev–Trinajstić information content (AvgIpc) is 2.73. The maximum absolute atomic E-state index is 5.87. The maximum Gasteiger partial charge on any atom is 0.0761 e. The van der Waals surface area contributed by atoms with Crippen LogP contribution in [-0.4, -0.2) is 39.0 Å². The molecule has 16 heavy (non-hydrogen) atoms. The van der Waals surface area contributed by atoms with Crippen LogP contribution < -0.4 is 5.32 Å². The molecule has 2 atom stereocenters. The molecule has 0 aromatic carbocycles. The van der Waals surface area contributed by atoms with Gasteiger partial charge in [-0.1, -0.05) is 26.7 Å². The Balaban J connectivity index is 2.08. The molecule has 1 N–H and O–H groups in total. The number of unbranched alkanes of at least 4 members (excludes halogenated alkanes) is 2. The van der Waals surface area contributed by atoms with Gasteiger partial charge in [-0.15, -0.1) is 0 Å². The smallest absolute Gasteiger partial charge is 0.0761 e. The van der Waals surface area contributed by atoms with Crippen LogP contribution in [0.25, 0.3) is 0 Å². The van der Waals surface area contributed by atoms with Gasteiger partial charge in [0.15, 0.2) is 0 Å². The number of hydrogen-bond acceptors (Lipinski definition) is 3. The van der Waals surface area contributed by atoms with Crippen molar-refractivity contribution in [3.63, 3.8) is 0 Å². The number of hydrogen-bond donors (Lipinski definition) is 1. The molecule has 0 aliphatic carbocycles. The van der Waals surface area contributed by atoms with E-state index in [1.54, 1.807) is 0 Å². The minimum atomic E-state index is 0.369. The summed E-state index contributed by atoms with van der Waals surface area (Å²) < 4.78 is 11.5. The SMILES string of the molecule is CCCCOC[C@H]1CNCC1OCCCC. The first-order chi connectivity index (χ1) is 7.88. The van der Waals surface area contributed by atoms with Gasteiger partial charge in [-0.25, -0.2) is 0 Å². The molecule has 96 valence electrons. The van der Waals surface area contributed by atoms with Gasteiger partial charge in [0.1, 0.15) is 0 Å². The minimum absolute atomic E-state index is 0.369. The lowest BCUT2D eigenvalue weighted by atomic mass is 10.1. The van der Waals surface area contributed by atoms with Gasteiger partial charge in [0.05, 0.1) is 12.7 Å². The van der Waals surface area contributed by atoms with Gasteiger partial charge >= 0.3 is 0 Å². The zero-order valence-electron chi connectivity index (χ0n) is 10.8. The van der Waals surface area contributed by atoms with Crippen molar-refractivity contribution in [2.75, 3.05) is 32.9 Å². The Hall–Kier alpha value is -0.120. The van der Waals surface area contributed by atoms with Crippen molar-refractivity contribution in [3.8, 4) is 0 Å². The summed E-state index contributed by atoms with van der Waals surface area (Å²) >= 11 is 0. The molecular weight excluding hydrogens is 202 g/mol. The lowest BCUT2D eigenvalue weighted by Crippen LogP contribution is -2.27. The van der Waals surface area contributed by atoms with Crippen molar-refractivity contribution in [3.05, 3.63) is 0 Å². The van der Waals surface area contributed by atoms with E-state index in [0.717, 1.165) is 32.9 Å². The molecule has 1 fully saturated rings. The molecule has 0 bridgehead atoms. The first kappa shape index (κ1) is 13.9. The van der Waals surface area contributed by atoms with Gasteiger partial charge in [0.25, 0.3) is 0 Å². The standard InChI is InChI=1S/C13H27NO2/c1-3-5-7-15-11-12-9-14-10-13(12)16-8-6-4-2/h12-14H,3-11H2,1-2H3/t12-,13?/m1/s1. The molecule has 0 spiro atoms. The van der Waals surface area contributed by atoms with Crippen molar-refractivity contribution in [2.24, 2.45) is 5.92 Å².